The number of allylic oxidation sites excluding steroid dienone is 2. The third kappa shape index (κ3) is 1.45. The zero-order chi connectivity index (χ0) is 9.64. The van der Waals surface area contributed by atoms with Crippen molar-refractivity contribution in [2.24, 2.45) is 23.2 Å². The van der Waals surface area contributed by atoms with Crippen LogP contribution in [0.25, 0.3) is 0 Å². The van der Waals surface area contributed by atoms with Gasteiger partial charge < -0.3 is 0 Å². The van der Waals surface area contributed by atoms with Gasteiger partial charge in [-0.05, 0) is 24.7 Å². The fraction of sp³-hybridized carbons (Fsp3) is 0.750. The van der Waals surface area contributed by atoms with Gasteiger partial charge in [-0.15, -0.1) is 0 Å². The second-order valence-electron chi connectivity index (χ2n) is 5.50. The molecule has 0 spiro atoms. The molecule has 0 aromatic heterocycles. The molecular formula is C12H18O. The summed E-state index contributed by atoms with van der Waals surface area (Å²) in [4.78, 5) is 12.0. The Morgan fingerprint density at radius 1 is 1.23 bits per heavy atom. The van der Waals surface area contributed by atoms with Gasteiger partial charge in [0, 0.05) is 11.3 Å². The summed E-state index contributed by atoms with van der Waals surface area (Å²) < 4.78 is 0. The van der Waals surface area contributed by atoms with Crippen LogP contribution < -0.4 is 0 Å². The van der Waals surface area contributed by atoms with Crippen LogP contribution in [0, 0.1) is 23.2 Å². The first-order valence-corrected chi connectivity index (χ1v) is 5.21. The smallest absolute Gasteiger partial charge is 0.141 e. The monoisotopic (exact) mass is 178 g/mol. The minimum Gasteiger partial charge on any atom is -0.299 e. The molecule has 2 aliphatic carbocycles. The van der Waals surface area contributed by atoms with E-state index in [9.17, 15) is 4.79 Å². The topological polar surface area (TPSA) is 17.1 Å². The van der Waals surface area contributed by atoms with Crippen molar-refractivity contribution in [3.8, 4) is 0 Å². The van der Waals surface area contributed by atoms with E-state index in [2.05, 4.69) is 12.2 Å². The predicted molar refractivity (Wildman–Crippen MR) is 53.3 cm³/mol. The first-order valence-electron chi connectivity index (χ1n) is 5.21. The van der Waals surface area contributed by atoms with E-state index in [0.29, 0.717) is 23.5 Å². The van der Waals surface area contributed by atoms with Crippen LogP contribution in [-0.4, -0.2) is 5.78 Å². The van der Waals surface area contributed by atoms with Crippen LogP contribution in [0.15, 0.2) is 12.2 Å². The van der Waals surface area contributed by atoms with E-state index in [1.807, 2.05) is 20.8 Å². The number of hydrogen-bond acceptors (Lipinski definition) is 1. The van der Waals surface area contributed by atoms with E-state index in [1.165, 1.54) is 6.42 Å². The summed E-state index contributed by atoms with van der Waals surface area (Å²) in [6, 6.07) is 0. The van der Waals surface area contributed by atoms with E-state index in [0.717, 1.165) is 6.42 Å². The van der Waals surface area contributed by atoms with Crippen molar-refractivity contribution in [3.63, 3.8) is 0 Å². The lowest BCUT2D eigenvalue weighted by Crippen LogP contribution is -2.30. The summed E-state index contributed by atoms with van der Waals surface area (Å²) in [5.74, 6) is 2.07. The second kappa shape index (κ2) is 2.70. The second-order valence-corrected chi connectivity index (χ2v) is 5.50. The molecular weight excluding hydrogens is 160 g/mol. The van der Waals surface area contributed by atoms with Crippen LogP contribution in [0.5, 0.6) is 0 Å². The molecule has 0 aliphatic heterocycles. The first-order chi connectivity index (χ1) is 5.98. The zero-order valence-electron chi connectivity index (χ0n) is 8.71. The van der Waals surface area contributed by atoms with Gasteiger partial charge in [-0.2, -0.15) is 0 Å². The Kier molecular flexibility index (Phi) is 1.86. The Labute approximate surface area is 80.2 Å². The molecule has 0 heterocycles. The van der Waals surface area contributed by atoms with Crippen molar-refractivity contribution >= 4 is 5.78 Å². The molecule has 2 rings (SSSR count). The molecule has 1 heteroatoms. The average Bonchev–Trinajstić information content (AvgIpc) is 2.60. The average molecular weight is 178 g/mol. The Bertz CT molecular complexity index is 257. The highest BCUT2D eigenvalue weighted by Gasteiger charge is 2.42. The molecule has 3 atom stereocenters. The molecule has 2 aliphatic rings. The Balaban J connectivity index is 2.12. The summed E-state index contributed by atoms with van der Waals surface area (Å²) in [6.45, 7) is 6.10. The van der Waals surface area contributed by atoms with Gasteiger partial charge in [0.1, 0.15) is 5.78 Å². The van der Waals surface area contributed by atoms with Crippen LogP contribution in [0.2, 0.25) is 0 Å². The van der Waals surface area contributed by atoms with E-state index in [1.54, 1.807) is 0 Å². The third-order valence-electron chi connectivity index (χ3n) is 3.35. The molecule has 0 saturated heterocycles. The van der Waals surface area contributed by atoms with Crippen molar-refractivity contribution < 1.29 is 4.79 Å². The molecule has 72 valence electrons. The minimum absolute atomic E-state index is 0.150. The van der Waals surface area contributed by atoms with Crippen molar-refractivity contribution in [3.05, 3.63) is 12.2 Å². The number of carbonyl (C=O) groups is 1. The largest absolute Gasteiger partial charge is 0.299 e. The molecule has 2 bridgehead atoms. The molecule has 0 aromatic rings. The maximum Gasteiger partial charge on any atom is 0.141 e. The highest BCUT2D eigenvalue weighted by atomic mass is 16.1. The van der Waals surface area contributed by atoms with Gasteiger partial charge >= 0.3 is 0 Å². The number of Topliss-reactive ketones (excluding diaryl/α,β-unsaturated/α-hetero) is 1. The number of fused-ring (bicyclic) bond motifs is 2. The summed E-state index contributed by atoms with van der Waals surface area (Å²) in [7, 11) is 0. The molecule has 0 unspecified atom stereocenters. The molecule has 0 amide bonds. The van der Waals surface area contributed by atoms with Crippen LogP contribution in [0.1, 0.15) is 33.6 Å². The van der Waals surface area contributed by atoms with Crippen LogP contribution >= 0.6 is 0 Å². The van der Waals surface area contributed by atoms with Crippen LogP contribution in [0.4, 0.5) is 0 Å². The summed E-state index contributed by atoms with van der Waals surface area (Å²) in [5, 5.41) is 0. The lowest BCUT2D eigenvalue weighted by Gasteiger charge is -2.25. The summed E-state index contributed by atoms with van der Waals surface area (Å²) in [6.07, 6.45) is 6.88. The fourth-order valence-electron chi connectivity index (χ4n) is 2.64. The fourth-order valence-corrected chi connectivity index (χ4v) is 2.64. The van der Waals surface area contributed by atoms with Crippen molar-refractivity contribution in [1.29, 1.82) is 0 Å². The summed E-state index contributed by atoms with van der Waals surface area (Å²) in [5.41, 5.74) is -0.150. The van der Waals surface area contributed by atoms with Gasteiger partial charge in [0.15, 0.2) is 0 Å². The SMILES string of the molecule is CC(C)(C)C(=O)[C@H]1C[C@H]2C=C[C@H]1C2. The normalized spacial score (nSPS) is 37.0. The molecule has 0 N–H and O–H groups in total. The molecule has 0 aromatic carbocycles. The molecule has 1 saturated carbocycles. The standard InChI is InChI=1S/C12H18O/c1-12(2,3)11(13)10-7-8-4-5-9(10)6-8/h4-5,8-10H,6-7H2,1-3H3/t8-,9-,10-/m0/s1. The molecule has 13 heavy (non-hydrogen) atoms. The zero-order valence-corrected chi connectivity index (χ0v) is 8.71. The van der Waals surface area contributed by atoms with Gasteiger partial charge in [-0.1, -0.05) is 32.9 Å². The molecule has 1 fully saturated rings. The molecule has 1 nitrogen and oxygen atoms in total. The first kappa shape index (κ1) is 8.98. The number of hydrogen-bond donors (Lipinski definition) is 0. The lowest BCUT2D eigenvalue weighted by atomic mass is 9.77. The van der Waals surface area contributed by atoms with Gasteiger partial charge in [0.2, 0.25) is 0 Å². The Morgan fingerprint density at radius 3 is 2.31 bits per heavy atom. The number of carbonyl (C=O) groups excluding carboxylic acids is 1. The van der Waals surface area contributed by atoms with Crippen molar-refractivity contribution in [2.45, 2.75) is 33.6 Å². The van der Waals surface area contributed by atoms with E-state index >= 15 is 0 Å². The number of rotatable bonds is 1. The van der Waals surface area contributed by atoms with E-state index in [-0.39, 0.29) is 5.41 Å². The Morgan fingerprint density at radius 2 is 1.92 bits per heavy atom. The summed E-state index contributed by atoms with van der Waals surface area (Å²) >= 11 is 0. The van der Waals surface area contributed by atoms with Gasteiger partial charge in [0.05, 0.1) is 0 Å². The van der Waals surface area contributed by atoms with Gasteiger partial charge in [-0.25, -0.2) is 0 Å². The van der Waals surface area contributed by atoms with Crippen LogP contribution in [0.3, 0.4) is 0 Å². The third-order valence-corrected chi connectivity index (χ3v) is 3.35. The number of ketones is 1. The van der Waals surface area contributed by atoms with Gasteiger partial charge in [-0.3, -0.25) is 4.79 Å². The maximum atomic E-state index is 12.0. The highest BCUT2D eigenvalue weighted by molar-refractivity contribution is 5.87. The van der Waals surface area contributed by atoms with Crippen molar-refractivity contribution in [1.82, 2.24) is 0 Å². The highest BCUT2D eigenvalue weighted by Crippen LogP contribution is 2.45. The quantitative estimate of drug-likeness (QED) is 0.564. The van der Waals surface area contributed by atoms with Crippen molar-refractivity contribution in [2.75, 3.05) is 0 Å². The Hall–Kier alpha value is -0.590. The lowest BCUT2D eigenvalue weighted by molar-refractivity contribution is -0.131. The van der Waals surface area contributed by atoms with E-state index in [4.69, 9.17) is 0 Å². The van der Waals surface area contributed by atoms with Gasteiger partial charge in [0.25, 0.3) is 0 Å². The van der Waals surface area contributed by atoms with Crippen LogP contribution in [-0.2, 0) is 4.79 Å². The predicted octanol–water partition coefficient (Wildman–Crippen LogP) is 2.81. The van der Waals surface area contributed by atoms with E-state index < -0.39 is 0 Å². The molecule has 0 radical (unpaired) electrons. The minimum atomic E-state index is -0.150. The maximum absolute atomic E-state index is 12.0.